The Bertz CT molecular complexity index is 675. The van der Waals surface area contributed by atoms with Crippen LogP contribution in [0.3, 0.4) is 0 Å². The van der Waals surface area contributed by atoms with E-state index >= 15 is 0 Å². The minimum absolute atomic E-state index is 0.0226. The lowest BCUT2D eigenvalue weighted by molar-refractivity contribution is -0.149. The number of carbonyl (C=O) groups is 2. The van der Waals surface area contributed by atoms with Crippen LogP contribution in [0, 0.1) is 16.2 Å². The van der Waals surface area contributed by atoms with Crippen LogP contribution < -0.4 is 5.73 Å². The maximum absolute atomic E-state index is 10.9. The lowest BCUT2D eigenvalue weighted by atomic mass is 9.83. The van der Waals surface area contributed by atoms with Gasteiger partial charge >= 0.3 is 11.9 Å². The van der Waals surface area contributed by atoms with Gasteiger partial charge in [0.25, 0.3) is 0 Å². The predicted molar refractivity (Wildman–Crippen MR) is 114 cm³/mol. The van der Waals surface area contributed by atoms with Gasteiger partial charge in [0.15, 0.2) is 0 Å². The second-order valence-electron chi connectivity index (χ2n) is 12.3. The maximum Gasteiger partial charge on any atom is 0.309 e. The van der Waals surface area contributed by atoms with E-state index in [0.29, 0.717) is 37.5 Å². The normalized spacial score (nSPS) is 50.6. The SMILES string of the molecule is CC12CCC(C(=O)O)(CC1)C2.NC12CCC(O)(CC1)C2.O=C(O)C12CCC(O)(CC1)C2. The van der Waals surface area contributed by atoms with E-state index in [-0.39, 0.29) is 16.6 Å². The molecule has 6 N–H and O–H groups in total. The summed E-state index contributed by atoms with van der Waals surface area (Å²) in [5.74, 6) is -1.27. The van der Waals surface area contributed by atoms with Crippen LogP contribution in [0.1, 0.15) is 103 Å². The number of carboxylic acid groups (broad SMARTS) is 2. The molecular weight excluding hydrogens is 398 g/mol. The molecule has 6 saturated carbocycles. The Morgan fingerprint density at radius 1 is 0.613 bits per heavy atom. The summed E-state index contributed by atoms with van der Waals surface area (Å²) in [6, 6.07) is 0. The topological polar surface area (TPSA) is 141 Å². The summed E-state index contributed by atoms with van der Waals surface area (Å²) >= 11 is 0. The third kappa shape index (κ3) is 4.13. The quantitative estimate of drug-likeness (QED) is 0.447. The predicted octanol–water partition coefficient (Wildman–Crippen LogP) is 3.20. The molecule has 6 aliphatic carbocycles. The Balaban J connectivity index is 0.000000113. The van der Waals surface area contributed by atoms with E-state index < -0.39 is 23.0 Å². The molecule has 0 aromatic rings. The highest BCUT2D eigenvalue weighted by molar-refractivity contribution is 5.76. The van der Waals surface area contributed by atoms with Gasteiger partial charge in [0.05, 0.1) is 22.0 Å². The number of hydrogen-bond donors (Lipinski definition) is 5. The van der Waals surface area contributed by atoms with Crippen molar-refractivity contribution < 1.29 is 30.0 Å². The van der Waals surface area contributed by atoms with Crippen LogP contribution in [-0.4, -0.2) is 49.1 Å². The molecule has 0 radical (unpaired) electrons. The van der Waals surface area contributed by atoms with E-state index in [1.807, 2.05) is 0 Å². The van der Waals surface area contributed by atoms with Crippen molar-refractivity contribution in [2.24, 2.45) is 22.0 Å². The molecule has 0 heterocycles. The number of hydrogen-bond acceptors (Lipinski definition) is 5. The van der Waals surface area contributed by atoms with Gasteiger partial charge in [-0.15, -0.1) is 0 Å². The number of rotatable bonds is 2. The second kappa shape index (κ2) is 7.16. The number of carboxylic acids is 2. The maximum atomic E-state index is 10.9. The largest absolute Gasteiger partial charge is 0.481 e. The zero-order chi connectivity index (χ0) is 22.8. The highest BCUT2D eigenvalue weighted by Gasteiger charge is 2.58. The van der Waals surface area contributed by atoms with E-state index in [1.54, 1.807) is 0 Å². The van der Waals surface area contributed by atoms with Gasteiger partial charge in [0.2, 0.25) is 0 Å². The van der Waals surface area contributed by atoms with Crippen molar-refractivity contribution in [3.8, 4) is 0 Å². The summed E-state index contributed by atoms with van der Waals surface area (Å²) in [5.41, 5.74) is 4.47. The third-order valence-electron chi connectivity index (χ3n) is 9.75. The summed E-state index contributed by atoms with van der Waals surface area (Å²) in [4.78, 5) is 21.7. The van der Waals surface area contributed by atoms with Crippen LogP contribution >= 0.6 is 0 Å². The minimum atomic E-state index is -0.717. The van der Waals surface area contributed by atoms with Crippen LogP contribution in [0.15, 0.2) is 0 Å². The Morgan fingerprint density at radius 2 is 1.00 bits per heavy atom. The number of aliphatic hydroxyl groups is 2. The number of fused-ring (bicyclic) bond motifs is 6. The Morgan fingerprint density at radius 3 is 1.16 bits per heavy atom. The van der Waals surface area contributed by atoms with Gasteiger partial charge in [-0.1, -0.05) is 6.92 Å². The van der Waals surface area contributed by atoms with Crippen molar-refractivity contribution in [1.82, 2.24) is 0 Å². The fourth-order valence-corrected chi connectivity index (χ4v) is 7.48. The number of nitrogens with two attached hydrogens (primary N) is 1. The van der Waals surface area contributed by atoms with Gasteiger partial charge in [0.1, 0.15) is 0 Å². The molecule has 0 aromatic carbocycles. The summed E-state index contributed by atoms with van der Waals surface area (Å²) in [6.07, 6.45) is 13.0. The molecule has 176 valence electrons. The summed E-state index contributed by atoms with van der Waals surface area (Å²) in [5, 5.41) is 37.2. The van der Waals surface area contributed by atoms with E-state index in [4.69, 9.17) is 15.9 Å². The molecule has 0 spiro atoms. The first-order valence-corrected chi connectivity index (χ1v) is 12.0. The molecule has 0 amide bonds. The van der Waals surface area contributed by atoms with E-state index in [1.165, 1.54) is 0 Å². The van der Waals surface area contributed by atoms with Crippen LogP contribution in [0.5, 0.6) is 0 Å². The van der Waals surface area contributed by atoms with Gasteiger partial charge in [0, 0.05) is 5.54 Å². The van der Waals surface area contributed by atoms with Crippen molar-refractivity contribution in [3.63, 3.8) is 0 Å². The van der Waals surface area contributed by atoms with E-state index in [2.05, 4.69) is 6.92 Å². The molecule has 0 saturated heterocycles. The monoisotopic (exact) mass is 437 g/mol. The second-order valence-corrected chi connectivity index (χ2v) is 12.3. The van der Waals surface area contributed by atoms with Crippen molar-refractivity contribution in [1.29, 1.82) is 0 Å². The molecule has 0 aliphatic heterocycles. The molecule has 0 aromatic heterocycles. The molecule has 6 aliphatic rings. The van der Waals surface area contributed by atoms with E-state index in [0.717, 1.165) is 64.2 Å². The minimum Gasteiger partial charge on any atom is -0.481 e. The summed E-state index contributed by atoms with van der Waals surface area (Å²) < 4.78 is 0. The molecule has 0 atom stereocenters. The van der Waals surface area contributed by atoms with Crippen molar-refractivity contribution in [2.45, 2.75) is 120 Å². The van der Waals surface area contributed by atoms with Gasteiger partial charge in [-0.3, -0.25) is 9.59 Å². The fraction of sp³-hybridized carbons (Fsp3) is 0.917. The highest BCUT2D eigenvalue weighted by Crippen LogP contribution is 2.61. The lowest BCUT2D eigenvalue weighted by Crippen LogP contribution is -2.33. The summed E-state index contributed by atoms with van der Waals surface area (Å²) in [6.45, 7) is 2.23. The van der Waals surface area contributed by atoms with Gasteiger partial charge < -0.3 is 26.2 Å². The van der Waals surface area contributed by atoms with Crippen molar-refractivity contribution in [2.75, 3.05) is 0 Å². The average Bonchev–Trinajstić information content (AvgIpc) is 3.49. The number of aliphatic carboxylic acids is 2. The zero-order valence-corrected chi connectivity index (χ0v) is 18.8. The van der Waals surface area contributed by atoms with Gasteiger partial charge in [-0.25, -0.2) is 0 Å². The molecule has 7 nitrogen and oxygen atoms in total. The zero-order valence-electron chi connectivity index (χ0n) is 18.8. The van der Waals surface area contributed by atoms with Crippen molar-refractivity contribution in [3.05, 3.63) is 0 Å². The molecule has 7 heteroatoms. The molecule has 6 fully saturated rings. The smallest absolute Gasteiger partial charge is 0.309 e. The van der Waals surface area contributed by atoms with Crippen molar-refractivity contribution >= 4 is 11.9 Å². The first kappa shape index (κ1) is 23.0. The average molecular weight is 438 g/mol. The highest BCUT2D eigenvalue weighted by atomic mass is 16.4. The van der Waals surface area contributed by atoms with Gasteiger partial charge in [-0.05, 0) is 102 Å². The van der Waals surface area contributed by atoms with Gasteiger partial charge in [-0.2, -0.15) is 0 Å². The molecule has 6 bridgehead atoms. The first-order chi connectivity index (χ1) is 14.3. The molecular formula is C24H39NO6. The molecule has 6 rings (SSSR count). The Labute approximate surface area is 184 Å². The van der Waals surface area contributed by atoms with E-state index in [9.17, 15) is 19.8 Å². The van der Waals surface area contributed by atoms with Crippen LogP contribution in [0.4, 0.5) is 0 Å². The molecule has 0 unspecified atom stereocenters. The van der Waals surface area contributed by atoms with Crippen LogP contribution in [0.2, 0.25) is 0 Å². The van der Waals surface area contributed by atoms with Crippen LogP contribution in [0.25, 0.3) is 0 Å². The third-order valence-corrected chi connectivity index (χ3v) is 9.75. The molecule has 31 heavy (non-hydrogen) atoms. The lowest BCUT2D eigenvalue weighted by Gasteiger charge is -2.21. The van der Waals surface area contributed by atoms with Crippen LogP contribution in [-0.2, 0) is 9.59 Å². The first-order valence-electron chi connectivity index (χ1n) is 12.0. The Hall–Kier alpha value is -1.18. The fourth-order valence-electron chi connectivity index (χ4n) is 7.48. The Kier molecular flexibility index (Phi) is 5.31. The standard InChI is InChI=1S/C9H14O2.C8H12O3.C7H13NO/c1-8-2-4-9(6-8,5-3-8)7(10)11;9-6(10)7-1-3-8(11,5-7)4-2-7;8-6-1-3-7(9,5-6)4-2-6/h2-6H2,1H3,(H,10,11);11H,1-5H2,(H,9,10);9H,1-5,8H2. The summed E-state index contributed by atoms with van der Waals surface area (Å²) in [7, 11) is 0.